The topological polar surface area (TPSA) is 101 Å². The van der Waals surface area contributed by atoms with Crippen LogP contribution in [0.25, 0.3) is 0 Å². The molecule has 2 heterocycles. The van der Waals surface area contributed by atoms with Crippen molar-refractivity contribution in [1.82, 2.24) is 15.5 Å². The molecule has 0 aliphatic carbocycles. The molecule has 1 aromatic heterocycles. The molecule has 1 amide bonds. The van der Waals surface area contributed by atoms with Crippen LogP contribution < -0.4 is 15.0 Å². The summed E-state index contributed by atoms with van der Waals surface area (Å²) in [5.41, 5.74) is 1.46. The smallest absolute Gasteiger partial charge is 0.324 e. The third-order valence-electron chi connectivity index (χ3n) is 6.40. The fraction of sp³-hybridized carbons (Fsp3) is 0.640. The van der Waals surface area contributed by atoms with Gasteiger partial charge in [0.15, 0.2) is 5.82 Å². The number of aliphatic hydroxyl groups excluding tert-OH is 1. The lowest BCUT2D eigenvalue weighted by molar-refractivity contribution is 0.0923. The second-order valence-electron chi connectivity index (χ2n) is 9.56. The van der Waals surface area contributed by atoms with Crippen LogP contribution in [0.3, 0.4) is 0 Å². The van der Waals surface area contributed by atoms with Crippen molar-refractivity contribution in [2.75, 3.05) is 31.1 Å². The molecule has 2 aromatic rings. The molecule has 2 atom stereocenters. The van der Waals surface area contributed by atoms with Gasteiger partial charge in [-0.15, -0.1) is 0 Å². The van der Waals surface area contributed by atoms with Crippen LogP contribution in [0.4, 0.5) is 6.01 Å². The Morgan fingerprint density at radius 2 is 2.00 bits per heavy atom. The number of aryl methyl sites for hydroxylation is 1. The highest BCUT2D eigenvalue weighted by atomic mass is 16.5. The van der Waals surface area contributed by atoms with Crippen molar-refractivity contribution in [2.45, 2.75) is 65.9 Å². The normalized spacial score (nSPS) is 16.6. The first-order valence-electron chi connectivity index (χ1n) is 12.0. The minimum atomic E-state index is -0.567. The van der Waals surface area contributed by atoms with E-state index in [-0.39, 0.29) is 18.4 Å². The number of aromatic nitrogens is 2. The van der Waals surface area contributed by atoms with Crippen LogP contribution in [0.5, 0.6) is 5.75 Å². The summed E-state index contributed by atoms with van der Waals surface area (Å²) in [6.07, 6.45) is 2.63. The lowest BCUT2D eigenvalue weighted by Gasteiger charge is -2.33. The Balaban J connectivity index is 1.41. The molecule has 1 aliphatic rings. The predicted molar refractivity (Wildman–Crippen MR) is 128 cm³/mol. The standard InChI is InChI=1S/C25H38N4O4/c1-16(2)23-27-25(33-28-23)29-11-8-20(9-12-29)17(3)10-13-32-21-6-7-22(18(4)14-21)24(31)26-15-19(5)30/h6-7,14,16-17,19-20,30H,8-13,15H2,1-5H3,(H,26,31). The average molecular weight is 459 g/mol. The van der Waals surface area contributed by atoms with E-state index in [1.807, 2.05) is 19.1 Å². The highest BCUT2D eigenvalue weighted by molar-refractivity contribution is 5.95. The van der Waals surface area contributed by atoms with Gasteiger partial charge in [0.2, 0.25) is 0 Å². The third kappa shape index (κ3) is 6.93. The minimum absolute atomic E-state index is 0.180. The van der Waals surface area contributed by atoms with E-state index in [1.165, 1.54) is 0 Å². The van der Waals surface area contributed by atoms with E-state index in [0.717, 1.165) is 49.5 Å². The van der Waals surface area contributed by atoms with Crippen molar-refractivity contribution < 1.29 is 19.2 Å². The number of benzene rings is 1. The van der Waals surface area contributed by atoms with Gasteiger partial charge in [0.05, 0.1) is 12.7 Å². The van der Waals surface area contributed by atoms with E-state index in [9.17, 15) is 9.90 Å². The number of ether oxygens (including phenoxy) is 1. The highest BCUT2D eigenvalue weighted by Crippen LogP contribution is 2.30. The lowest BCUT2D eigenvalue weighted by atomic mass is 9.84. The van der Waals surface area contributed by atoms with Crippen molar-refractivity contribution in [3.8, 4) is 5.75 Å². The van der Waals surface area contributed by atoms with Crippen LogP contribution in [-0.2, 0) is 0 Å². The number of hydrogen-bond donors (Lipinski definition) is 2. The Morgan fingerprint density at radius 1 is 1.27 bits per heavy atom. The quantitative estimate of drug-likeness (QED) is 0.556. The van der Waals surface area contributed by atoms with Gasteiger partial charge < -0.3 is 24.6 Å². The van der Waals surface area contributed by atoms with E-state index >= 15 is 0 Å². The molecular weight excluding hydrogens is 420 g/mol. The Morgan fingerprint density at radius 3 is 2.61 bits per heavy atom. The lowest BCUT2D eigenvalue weighted by Crippen LogP contribution is -2.36. The molecule has 33 heavy (non-hydrogen) atoms. The Hall–Kier alpha value is -2.61. The SMILES string of the molecule is Cc1cc(OCCC(C)C2CCN(c3nc(C(C)C)no3)CC2)ccc1C(=O)NCC(C)O. The van der Waals surface area contributed by atoms with Gasteiger partial charge in [-0.05, 0) is 68.7 Å². The van der Waals surface area contributed by atoms with Crippen LogP contribution >= 0.6 is 0 Å². The van der Waals surface area contributed by atoms with Crippen LogP contribution in [0.15, 0.2) is 22.7 Å². The van der Waals surface area contributed by atoms with Crippen molar-refractivity contribution in [3.63, 3.8) is 0 Å². The van der Waals surface area contributed by atoms with E-state index in [0.29, 0.717) is 30.0 Å². The van der Waals surface area contributed by atoms with E-state index in [1.54, 1.807) is 13.0 Å². The summed E-state index contributed by atoms with van der Waals surface area (Å²) in [5.74, 6) is 2.85. The molecule has 0 saturated carbocycles. The molecule has 0 radical (unpaired) electrons. The number of carbonyl (C=O) groups excluding carboxylic acids is 1. The summed E-state index contributed by atoms with van der Waals surface area (Å²) >= 11 is 0. The van der Waals surface area contributed by atoms with Crippen LogP contribution in [0.1, 0.15) is 74.6 Å². The molecule has 2 N–H and O–H groups in total. The van der Waals surface area contributed by atoms with Gasteiger partial charge in [-0.2, -0.15) is 4.98 Å². The van der Waals surface area contributed by atoms with E-state index in [4.69, 9.17) is 9.26 Å². The molecular formula is C25H38N4O4. The van der Waals surface area contributed by atoms with Crippen LogP contribution in [0.2, 0.25) is 0 Å². The van der Waals surface area contributed by atoms with Crippen molar-refractivity contribution in [2.24, 2.45) is 11.8 Å². The minimum Gasteiger partial charge on any atom is -0.494 e. The molecule has 3 rings (SSSR count). The van der Waals surface area contributed by atoms with Gasteiger partial charge in [0.1, 0.15) is 5.75 Å². The summed E-state index contributed by atoms with van der Waals surface area (Å²) < 4.78 is 11.4. The first-order valence-corrected chi connectivity index (χ1v) is 12.0. The first-order chi connectivity index (χ1) is 15.7. The molecule has 1 aliphatic heterocycles. The average Bonchev–Trinajstić information content (AvgIpc) is 3.28. The van der Waals surface area contributed by atoms with Gasteiger partial charge in [-0.3, -0.25) is 4.79 Å². The molecule has 8 heteroatoms. The van der Waals surface area contributed by atoms with Gasteiger partial charge in [-0.25, -0.2) is 0 Å². The molecule has 1 saturated heterocycles. The Bertz CT molecular complexity index is 904. The number of anilines is 1. The third-order valence-corrected chi connectivity index (χ3v) is 6.40. The highest BCUT2D eigenvalue weighted by Gasteiger charge is 2.26. The fourth-order valence-electron chi connectivity index (χ4n) is 4.16. The number of piperidine rings is 1. The summed E-state index contributed by atoms with van der Waals surface area (Å²) in [6.45, 7) is 12.7. The second kappa shape index (κ2) is 11.5. The van der Waals surface area contributed by atoms with Crippen molar-refractivity contribution in [1.29, 1.82) is 0 Å². The Labute approximate surface area is 196 Å². The van der Waals surface area contributed by atoms with Crippen LogP contribution in [0, 0.1) is 18.8 Å². The van der Waals surface area contributed by atoms with E-state index in [2.05, 4.69) is 41.1 Å². The maximum atomic E-state index is 12.2. The number of aliphatic hydroxyl groups is 1. The number of rotatable bonds is 10. The predicted octanol–water partition coefficient (Wildman–Crippen LogP) is 3.93. The number of nitrogens with one attached hydrogen (secondary N) is 1. The van der Waals surface area contributed by atoms with E-state index < -0.39 is 6.10 Å². The number of nitrogens with zero attached hydrogens (tertiary/aromatic N) is 3. The first kappa shape index (κ1) is 25.0. The van der Waals surface area contributed by atoms with Gasteiger partial charge in [-0.1, -0.05) is 25.9 Å². The monoisotopic (exact) mass is 458 g/mol. The zero-order valence-corrected chi connectivity index (χ0v) is 20.5. The van der Waals surface area contributed by atoms with Crippen LogP contribution in [-0.4, -0.2) is 53.5 Å². The summed E-state index contributed by atoms with van der Waals surface area (Å²) in [5, 5.41) is 16.1. The summed E-state index contributed by atoms with van der Waals surface area (Å²) in [7, 11) is 0. The number of hydrogen-bond acceptors (Lipinski definition) is 7. The molecule has 1 aromatic carbocycles. The maximum absolute atomic E-state index is 12.2. The van der Waals surface area contributed by atoms with Crippen molar-refractivity contribution in [3.05, 3.63) is 35.2 Å². The zero-order valence-electron chi connectivity index (χ0n) is 20.5. The summed E-state index contributed by atoms with van der Waals surface area (Å²) in [6, 6.07) is 6.16. The largest absolute Gasteiger partial charge is 0.494 e. The Kier molecular flexibility index (Phi) is 8.72. The molecule has 0 spiro atoms. The number of carbonyl (C=O) groups is 1. The zero-order chi connectivity index (χ0) is 24.0. The fourth-order valence-corrected chi connectivity index (χ4v) is 4.16. The molecule has 0 bridgehead atoms. The summed E-state index contributed by atoms with van der Waals surface area (Å²) in [4.78, 5) is 18.9. The van der Waals surface area contributed by atoms with Gasteiger partial charge >= 0.3 is 6.01 Å². The van der Waals surface area contributed by atoms with Gasteiger partial charge in [0, 0.05) is 31.1 Å². The molecule has 182 valence electrons. The maximum Gasteiger partial charge on any atom is 0.324 e. The molecule has 2 unspecified atom stereocenters. The van der Waals surface area contributed by atoms with Gasteiger partial charge in [0.25, 0.3) is 5.91 Å². The molecule has 8 nitrogen and oxygen atoms in total. The number of amides is 1. The molecule has 1 fully saturated rings. The van der Waals surface area contributed by atoms with Crippen molar-refractivity contribution >= 4 is 11.9 Å². The second-order valence-corrected chi connectivity index (χ2v) is 9.56.